The van der Waals surface area contributed by atoms with Crippen LogP contribution < -0.4 is 21.8 Å². The molecule has 0 saturated carbocycles. The van der Waals surface area contributed by atoms with Gasteiger partial charge in [0.05, 0.1) is 101 Å². The van der Waals surface area contributed by atoms with Gasteiger partial charge in [0.15, 0.2) is 10.0 Å². The van der Waals surface area contributed by atoms with Crippen molar-refractivity contribution in [2.24, 2.45) is 0 Å². The summed E-state index contributed by atoms with van der Waals surface area (Å²) in [7, 11) is -0.414. The number of nitrogens with one attached hydrogen (secondary N) is 2. The Morgan fingerprint density at radius 2 is 0.948 bits per heavy atom. The molecule has 134 heavy (non-hydrogen) atoms. The number of hydrogen-bond acceptors (Lipinski definition) is 24. The fourth-order valence-corrected chi connectivity index (χ4v) is 17.5. The molecule has 4 amide bonds. The smallest absolute Gasteiger partial charge is 0.464 e. The van der Waals surface area contributed by atoms with Crippen LogP contribution in [0.1, 0.15) is 179 Å². The minimum atomic E-state index is -0.856. The Morgan fingerprint density at radius 1 is 0.545 bits per heavy atom. The number of benzene rings is 7. The van der Waals surface area contributed by atoms with E-state index in [9.17, 15) is 48.6 Å². The van der Waals surface area contributed by atoms with Gasteiger partial charge in [0, 0.05) is 98.5 Å². The Hall–Kier alpha value is -9.32. The van der Waals surface area contributed by atoms with Gasteiger partial charge in [0.2, 0.25) is 5.82 Å². The molecule has 5 aliphatic heterocycles. The van der Waals surface area contributed by atoms with Gasteiger partial charge in [0.25, 0.3) is 5.69 Å². The van der Waals surface area contributed by atoms with Crippen LogP contribution in [0.3, 0.4) is 0 Å². The van der Waals surface area contributed by atoms with Crippen LogP contribution in [0, 0.1) is 46.8 Å². The van der Waals surface area contributed by atoms with E-state index < -0.39 is 68.5 Å². The number of aryl methyl sites for hydroxylation is 3. The van der Waals surface area contributed by atoms with Crippen molar-refractivity contribution in [1.29, 1.82) is 0 Å². The van der Waals surface area contributed by atoms with Crippen molar-refractivity contribution in [3.8, 4) is 11.1 Å². The highest BCUT2D eigenvalue weighted by Gasteiger charge is 2.52. The van der Waals surface area contributed by atoms with Gasteiger partial charge in [-0.25, -0.2) is 38.9 Å². The minimum Gasteiger partial charge on any atom is -0.464 e. The van der Waals surface area contributed by atoms with Crippen molar-refractivity contribution in [1.82, 2.24) is 43.7 Å². The molecule has 0 aliphatic carbocycles. The van der Waals surface area contributed by atoms with Crippen LogP contribution in [0.2, 0.25) is 5.02 Å². The number of carbonyl (C=O) groups is 5. The van der Waals surface area contributed by atoms with E-state index >= 15 is 0 Å². The Kier molecular flexibility index (Phi) is 34.4. The molecule has 10 aromatic rings. The zero-order chi connectivity index (χ0) is 99.3. The molecular weight excluding hydrogens is 2090 g/mol. The number of nitro groups is 2. The average Bonchev–Trinajstić information content (AvgIpc) is 1.61. The van der Waals surface area contributed by atoms with Crippen LogP contribution in [0.4, 0.5) is 52.0 Å². The first kappa shape index (κ1) is 107. The van der Waals surface area contributed by atoms with E-state index in [4.69, 9.17) is 60.0 Å². The van der Waals surface area contributed by atoms with E-state index in [2.05, 4.69) is 149 Å². The van der Waals surface area contributed by atoms with Crippen LogP contribution in [-0.2, 0) is 42.5 Å². The van der Waals surface area contributed by atoms with E-state index in [1.807, 2.05) is 197 Å². The number of nitrogens with zero attached hydrogens (tertiary/aromatic N) is 11. The summed E-state index contributed by atoms with van der Waals surface area (Å²) in [4.78, 5) is 101. The van der Waals surface area contributed by atoms with E-state index in [0.717, 1.165) is 107 Å². The van der Waals surface area contributed by atoms with Crippen molar-refractivity contribution in [2.45, 2.75) is 229 Å². The summed E-state index contributed by atoms with van der Waals surface area (Å²) < 4.78 is 67.6. The van der Waals surface area contributed by atoms with Gasteiger partial charge in [-0.05, 0) is 283 Å². The van der Waals surface area contributed by atoms with Crippen molar-refractivity contribution < 1.29 is 75.9 Å². The Bertz CT molecular complexity index is 5960. The van der Waals surface area contributed by atoms with E-state index in [0.29, 0.717) is 73.2 Å². The number of amides is 4. The van der Waals surface area contributed by atoms with Crippen molar-refractivity contribution in [3.05, 3.63) is 197 Å². The highest BCUT2D eigenvalue weighted by atomic mass is 79.9. The molecule has 722 valence electrons. The molecular formula is C94H116BBr5ClFN14O17S. The van der Waals surface area contributed by atoms with Crippen LogP contribution in [-0.4, -0.2) is 201 Å². The molecule has 0 radical (unpaired) electrons. The standard InChI is InChI=1S/C22H32BN3O4.C22H23BrClNO3S.C16H20BrN3O2.C14H18BrN3O4.C14H20BrN3O2.C6H3BrFNO2/c1-14-24-17-10-9-15(23-29-21(5,6)22(7,8)30-23)11-18(17)26(14)16-12-25(13-16)19(27)28-20(2,3)4;1-6-27-20(26)18(28-22(3,4)5)16-12(2)11-15-19(29-21(23)25-15)17(16)13-7-9-14(24)10-8-13;1-10-18-13-6-5-11(17)7-14(13)20(10)12-8-19(9-12)15(21)22-16(2,3)4;1-14(2,3)22-13(19)17-7-10(8-17)16-11-6-9(15)4-5-12(11)18(20)21;1-14(2,3)20-13(19)18-7-10(8-18)17-12-6-9(15)4-5-11(12)16;7-4-1-2-6(9(10)11)5(8)3-4/h9-11,16H,12-13H2,1-8H3;7-11,18H,6H2,1-5H3;5-7,12H,8-9H2,1-4H3;4-6,10,16H,7-8H2,1-3H3;4-6,10,17H,7-8,16H2,1-3H3;1-3H/t;18-;;;;/m.0..../s1. The highest BCUT2D eigenvalue weighted by Crippen LogP contribution is 2.45. The zero-order valence-electron chi connectivity index (χ0n) is 79.4. The number of likely N-dealkylation sites (tertiary alicyclic amines) is 4. The van der Waals surface area contributed by atoms with Gasteiger partial charge in [-0.2, -0.15) is 4.39 Å². The van der Waals surface area contributed by atoms with Crippen molar-refractivity contribution in [2.75, 3.05) is 75.3 Å². The Morgan fingerprint density at radius 3 is 1.39 bits per heavy atom. The molecule has 5 saturated heterocycles. The number of esters is 1. The van der Waals surface area contributed by atoms with Gasteiger partial charge in [0.1, 0.15) is 39.7 Å². The number of anilines is 3. The normalized spacial score (nSPS) is 15.8. The molecule has 0 bridgehead atoms. The number of halogens is 7. The molecule has 4 N–H and O–H groups in total. The Labute approximate surface area is 831 Å². The molecule has 3 aromatic heterocycles. The summed E-state index contributed by atoms with van der Waals surface area (Å²) in [6, 6.07) is 36.4. The minimum absolute atomic E-state index is 0.0129. The predicted octanol–water partition coefficient (Wildman–Crippen LogP) is 23.4. The molecule has 8 heterocycles. The summed E-state index contributed by atoms with van der Waals surface area (Å²) in [6.45, 7) is 49.1. The molecule has 31 nitrogen and oxygen atoms in total. The first-order valence-corrected chi connectivity index (χ1v) is 48.5. The second-order valence-corrected chi connectivity index (χ2v) is 45.1. The third-order valence-corrected chi connectivity index (χ3v) is 25.1. The maximum atomic E-state index is 13.0. The Balaban J connectivity index is 0.000000170. The number of aromatic nitrogens is 5. The van der Waals surface area contributed by atoms with E-state index in [1.54, 1.807) is 38.7 Å². The quantitative estimate of drug-likeness (QED) is 0.0227. The molecule has 1 atom stereocenters. The van der Waals surface area contributed by atoms with Gasteiger partial charge in [-0.3, -0.25) is 20.2 Å². The number of ether oxygens (including phenoxy) is 6. The predicted molar refractivity (Wildman–Crippen MR) is 539 cm³/mol. The molecule has 40 heteroatoms. The average molecular weight is 2210 g/mol. The third-order valence-electron chi connectivity index (χ3n) is 21.3. The largest absolute Gasteiger partial charge is 0.494 e. The third kappa shape index (κ3) is 28.5. The van der Waals surface area contributed by atoms with Gasteiger partial charge < -0.3 is 82.8 Å². The lowest BCUT2D eigenvalue weighted by Crippen LogP contribution is -2.57. The van der Waals surface area contributed by atoms with Crippen molar-refractivity contribution in [3.63, 3.8) is 0 Å². The molecule has 15 rings (SSSR count). The number of carbonyl (C=O) groups excluding carboxylic acids is 5. The lowest BCUT2D eigenvalue weighted by atomic mass is 9.79. The maximum Gasteiger partial charge on any atom is 0.494 e. The fourth-order valence-electron chi connectivity index (χ4n) is 14.5. The highest BCUT2D eigenvalue weighted by molar-refractivity contribution is 9.11. The van der Waals surface area contributed by atoms with Gasteiger partial charge in [-0.1, -0.05) is 93.5 Å². The van der Waals surface area contributed by atoms with Crippen molar-refractivity contribution >= 4 is 206 Å². The maximum absolute atomic E-state index is 13.0. The summed E-state index contributed by atoms with van der Waals surface area (Å²) in [5.74, 6) is 0.680. The fraction of sp³-hybridized carbons (Fsp3) is 0.468. The van der Waals surface area contributed by atoms with Crippen LogP contribution in [0.15, 0.2) is 143 Å². The first-order valence-electron chi connectivity index (χ1n) is 43.3. The van der Waals surface area contributed by atoms with E-state index in [1.165, 1.54) is 23.5 Å². The van der Waals surface area contributed by atoms with Gasteiger partial charge >= 0.3 is 43.1 Å². The van der Waals surface area contributed by atoms with Gasteiger partial charge in [-0.15, -0.1) is 11.3 Å². The second kappa shape index (κ2) is 43.2. The first-order chi connectivity index (χ1) is 62.1. The van der Waals surface area contributed by atoms with Crippen LogP contribution >= 0.6 is 103 Å². The molecule has 5 aliphatic rings. The summed E-state index contributed by atoms with van der Waals surface area (Å²) in [6.07, 6.45) is -2.00. The lowest BCUT2D eigenvalue weighted by Gasteiger charge is -2.41. The molecule has 0 unspecified atom stereocenters. The zero-order valence-corrected chi connectivity index (χ0v) is 88.9. The monoisotopic (exact) mass is 2200 g/mol. The number of nitro benzene ring substituents is 2. The number of thiazole rings is 1. The summed E-state index contributed by atoms with van der Waals surface area (Å²) in [5, 5.41) is 28.2. The number of fused-ring (bicyclic) bond motifs is 3. The molecule has 0 spiro atoms. The van der Waals surface area contributed by atoms with Crippen LogP contribution in [0.25, 0.3) is 43.4 Å². The molecule has 5 fully saturated rings. The summed E-state index contributed by atoms with van der Waals surface area (Å²) in [5.41, 5.74) is 13.7. The number of hydrogen-bond donors (Lipinski definition) is 3. The number of rotatable bonds is 14. The topological polar surface area (TPSA) is 357 Å². The number of nitrogens with two attached hydrogens (primary N) is 1. The number of imidazole rings is 2. The molecule has 7 aromatic carbocycles. The van der Waals surface area contributed by atoms with Crippen LogP contribution in [0.5, 0.6) is 0 Å². The lowest BCUT2D eigenvalue weighted by molar-refractivity contribution is -0.387. The second-order valence-electron chi connectivity index (χ2n) is 38.7. The van der Waals surface area contributed by atoms with E-state index in [-0.39, 0.29) is 72.0 Å². The summed E-state index contributed by atoms with van der Waals surface area (Å²) >= 11 is 24.3. The number of nitrogen functional groups attached to an aromatic ring is 1. The SMILES string of the molecule is CC(C)(C)OC(=O)N1CC(Nc2cc(Br)ccc2N)C1.CC(C)(C)OC(=O)N1CC(Nc2cc(Br)ccc2[N+](=O)[O-])C1.CCOC(=O)[C@@H](OC(C)(C)C)c1c(C)cc2nc(Br)sc2c1-c1ccc(Cl)cc1.Cc1nc2ccc(B3OC(C)(C)C(C)(C)O3)cc2n1C1CN(C(=O)OC(C)(C)C)C1.Cc1nc2ccc(Br)cc2n1C1CN(C(=O)OC(C)(C)C)C1.O=[N+]([O-])c1ccc(Br)cc1F.